The Morgan fingerprint density at radius 1 is 1.53 bits per heavy atom. The normalized spacial score (nSPS) is 10.5. The van der Waals surface area contributed by atoms with Crippen molar-refractivity contribution in [3.63, 3.8) is 0 Å². The van der Waals surface area contributed by atoms with Crippen molar-refractivity contribution >= 4 is 38.8 Å². The standard InChI is InChI=1S/C10H9NO2S2/c1-13-9(14)6-11-7-4-2-3-5-8(7)15-10(11)12/h2-5H,6H2,1H3. The third-order valence-corrected chi connectivity index (χ3v) is 3.34. The van der Waals surface area contributed by atoms with E-state index in [1.165, 1.54) is 18.4 Å². The fourth-order valence-electron chi connectivity index (χ4n) is 1.36. The molecule has 0 aliphatic carbocycles. The highest BCUT2D eigenvalue weighted by atomic mass is 32.1. The summed E-state index contributed by atoms with van der Waals surface area (Å²) in [6, 6.07) is 7.65. The second-order valence-electron chi connectivity index (χ2n) is 3.00. The van der Waals surface area contributed by atoms with E-state index in [4.69, 9.17) is 17.0 Å². The summed E-state index contributed by atoms with van der Waals surface area (Å²) in [5.41, 5.74) is 0.909. The molecule has 1 aromatic carbocycles. The van der Waals surface area contributed by atoms with Gasteiger partial charge >= 0.3 is 4.87 Å². The topological polar surface area (TPSA) is 31.2 Å². The number of fused-ring (bicyclic) bond motifs is 1. The third-order valence-electron chi connectivity index (χ3n) is 2.09. The van der Waals surface area contributed by atoms with Crippen LogP contribution >= 0.6 is 23.6 Å². The van der Waals surface area contributed by atoms with E-state index >= 15 is 0 Å². The summed E-state index contributed by atoms with van der Waals surface area (Å²) in [7, 11) is 1.52. The van der Waals surface area contributed by atoms with Gasteiger partial charge in [0.25, 0.3) is 0 Å². The number of para-hydroxylation sites is 1. The van der Waals surface area contributed by atoms with E-state index in [2.05, 4.69) is 0 Å². The second kappa shape index (κ2) is 4.12. The molecule has 2 aromatic rings. The molecule has 0 saturated carbocycles. The highest BCUT2D eigenvalue weighted by Gasteiger charge is 2.08. The van der Waals surface area contributed by atoms with Crippen LogP contribution in [0.4, 0.5) is 0 Å². The van der Waals surface area contributed by atoms with Gasteiger partial charge in [-0.15, -0.1) is 0 Å². The maximum atomic E-state index is 11.7. The number of thiocarbonyl (C=S) groups is 1. The average molecular weight is 239 g/mol. The summed E-state index contributed by atoms with van der Waals surface area (Å²) in [4.78, 5) is 11.7. The minimum atomic E-state index is -0.00407. The number of ether oxygens (including phenoxy) is 1. The van der Waals surface area contributed by atoms with Gasteiger partial charge < -0.3 is 4.74 Å². The maximum Gasteiger partial charge on any atom is 0.308 e. The smallest absolute Gasteiger partial charge is 0.308 e. The Kier molecular flexibility index (Phi) is 2.83. The van der Waals surface area contributed by atoms with Gasteiger partial charge in [0.15, 0.2) is 5.05 Å². The quantitative estimate of drug-likeness (QED) is 0.751. The zero-order valence-electron chi connectivity index (χ0n) is 8.10. The molecule has 0 spiro atoms. The van der Waals surface area contributed by atoms with Crippen molar-refractivity contribution in [2.75, 3.05) is 7.11 Å². The van der Waals surface area contributed by atoms with Gasteiger partial charge in [-0.1, -0.05) is 23.5 Å². The fraction of sp³-hybridized carbons (Fsp3) is 0.200. The van der Waals surface area contributed by atoms with Gasteiger partial charge in [0.05, 0.1) is 23.9 Å². The number of hydrogen-bond donors (Lipinski definition) is 0. The number of rotatable bonds is 2. The van der Waals surface area contributed by atoms with Crippen molar-refractivity contribution in [2.45, 2.75) is 6.54 Å². The highest BCUT2D eigenvalue weighted by molar-refractivity contribution is 7.80. The van der Waals surface area contributed by atoms with Crippen molar-refractivity contribution in [1.29, 1.82) is 0 Å². The molecule has 0 radical (unpaired) electrons. The third kappa shape index (κ3) is 1.93. The monoisotopic (exact) mass is 239 g/mol. The number of benzene rings is 1. The predicted molar refractivity (Wildman–Crippen MR) is 65.7 cm³/mol. The molecule has 0 saturated heterocycles. The first-order valence-corrected chi connectivity index (χ1v) is 5.60. The van der Waals surface area contributed by atoms with Crippen LogP contribution in [0.25, 0.3) is 10.2 Å². The van der Waals surface area contributed by atoms with E-state index < -0.39 is 0 Å². The van der Waals surface area contributed by atoms with Crippen LogP contribution in [-0.4, -0.2) is 16.7 Å². The zero-order chi connectivity index (χ0) is 10.8. The molecule has 0 bridgehead atoms. The van der Waals surface area contributed by atoms with Crippen LogP contribution in [0.2, 0.25) is 0 Å². The lowest BCUT2D eigenvalue weighted by molar-refractivity contribution is 0.398. The van der Waals surface area contributed by atoms with Crippen molar-refractivity contribution in [3.05, 3.63) is 33.9 Å². The summed E-state index contributed by atoms with van der Waals surface area (Å²) in [6.07, 6.45) is 0. The first-order chi connectivity index (χ1) is 7.22. The molecular weight excluding hydrogens is 230 g/mol. The van der Waals surface area contributed by atoms with Gasteiger partial charge in [-0.2, -0.15) is 0 Å². The van der Waals surface area contributed by atoms with Crippen molar-refractivity contribution < 1.29 is 4.74 Å². The minimum absolute atomic E-state index is 0.00407. The number of thiazole rings is 1. The molecule has 0 aliphatic rings. The lowest BCUT2D eigenvalue weighted by Crippen LogP contribution is -2.18. The van der Waals surface area contributed by atoms with Crippen molar-refractivity contribution in [3.8, 4) is 0 Å². The molecule has 1 heterocycles. The summed E-state index contributed by atoms with van der Waals surface area (Å²) in [5.74, 6) is 0. The summed E-state index contributed by atoms with van der Waals surface area (Å²) in [6.45, 7) is 0.342. The van der Waals surface area contributed by atoms with E-state index in [-0.39, 0.29) is 4.87 Å². The second-order valence-corrected chi connectivity index (χ2v) is 4.45. The molecular formula is C10H9NO2S2. The summed E-state index contributed by atoms with van der Waals surface area (Å²) < 4.78 is 7.51. The number of hydrogen-bond acceptors (Lipinski definition) is 4. The van der Waals surface area contributed by atoms with Crippen LogP contribution in [0.15, 0.2) is 29.1 Å². The molecule has 0 amide bonds. The molecule has 0 N–H and O–H groups in total. The number of nitrogens with zero attached hydrogens (tertiary/aromatic N) is 1. The SMILES string of the molecule is COC(=S)Cn1c(=O)sc2ccccc21. The lowest BCUT2D eigenvalue weighted by Gasteiger charge is -2.03. The first-order valence-electron chi connectivity index (χ1n) is 4.37. The Bertz CT molecular complexity index is 556. The minimum Gasteiger partial charge on any atom is -0.488 e. The first kappa shape index (κ1) is 10.3. The van der Waals surface area contributed by atoms with Crippen molar-refractivity contribution in [2.24, 2.45) is 0 Å². The van der Waals surface area contributed by atoms with Crippen LogP contribution < -0.4 is 4.87 Å². The van der Waals surface area contributed by atoms with Crippen LogP contribution in [0.3, 0.4) is 0 Å². The van der Waals surface area contributed by atoms with E-state index in [1.54, 1.807) is 4.57 Å². The molecule has 2 rings (SSSR count). The molecule has 78 valence electrons. The van der Waals surface area contributed by atoms with Crippen LogP contribution in [0.1, 0.15) is 0 Å². The number of aromatic nitrogens is 1. The van der Waals surface area contributed by atoms with E-state index in [9.17, 15) is 4.79 Å². The van der Waals surface area contributed by atoms with E-state index in [1.807, 2.05) is 24.3 Å². The zero-order valence-corrected chi connectivity index (χ0v) is 9.73. The highest BCUT2D eigenvalue weighted by Crippen LogP contribution is 2.16. The largest absolute Gasteiger partial charge is 0.488 e. The fourth-order valence-corrected chi connectivity index (χ4v) is 2.38. The van der Waals surface area contributed by atoms with Gasteiger partial charge in [0.2, 0.25) is 0 Å². The summed E-state index contributed by atoms with van der Waals surface area (Å²) in [5, 5.41) is 0.417. The van der Waals surface area contributed by atoms with Crippen LogP contribution in [0.5, 0.6) is 0 Å². The molecule has 0 fully saturated rings. The maximum absolute atomic E-state index is 11.7. The number of methoxy groups -OCH3 is 1. The molecule has 0 aliphatic heterocycles. The molecule has 15 heavy (non-hydrogen) atoms. The average Bonchev–Trinajstić information content (AvgIpc) is 2.55. The Balaban J connectivity index is 2.54. The molecule has 0 unspecified atom stereocenters. The Hall–Kier alpha value is -1.20. The molecule has 1 aromatic heterocycles. The Morgan fingerprint density at radius 3 is 3.00 bits per heavy atom. The van der Waals surface area contributed by atoms with Gasteiger partial charge in [0.1, 0.15) is 0 Å². The predicted octanol–water partition coefficient (Wildman–Crippen LogP) is 2.04. The van der Waals surface area contributed by atoms with Gasteiger partial charge in [-0.25, -0.2) is 0 Å². The Morgan fingerprint density at radius 2 is 2.27 bits per heavy atom. The Labute approximate surface area is 95.9 Å². The van der Waals surface area contributed by atoms with Crippen molar-refractivity contribution in [1.82, 2.24) is 4.57 Å². The van der Waals surface area contributed by atoms with Gasteiger partial charge in [-0.3, -0.25) is 9.36 Å². The van der Waals surface area contributed by atoms with E-state index in [0.29, 0.717) is 11.6 Å². The lowest BCUT2D eigenvalue weighted by atomic mass is 10.3. The van der Waals surface area contributed by atoms with E-state index in [0.717, 1.165) is 10.2 Å². The van der Waals surface area contributed by atoms with Crippen LogP contribution in [0, 0.1) is 0 Å². The molecule has 5 heteroatoms. The molecule has 3 nitrogen and oxygen atoms in total. The van der Waals surface area contributed by atoms with Crippen LogP contribution in [-0.2, 0) is 11.3 Å². The molecule has 0 atom stereocenters. The summed E-state index contributed by atoms with van der Waals surface area (Å²) >= 11 is 6.17. The van der Waals surface area contributed by atoms with Gasteiger partial charge in [-0.05, 0) is 24.4 Å². The van der Waals surface area contributed by atoms with Gasteiger partial charge in [0, 0.05) is 0 Å².